The Bertz CT molecular complexity index is 875. The van der Waals surface area contributed by atoms with Gasteiger partial charge in [0.05, 0.1) is 10.7 Å². The topological polar surface area (TPSA) is 65.5 Å². The molecule has 3 rings (SSSR count). The van der Waals surface area contributed by atoms with Gasteiger partial charge in [0.15, 0.2) is 0 Å². The van der Waals surface area contributed by atoms with Crippen LogP contribution in [0.2, 0.25) is 0 Å². The zero-order valence-corrected chi connectivity index (χ0v) is 18.7. The highest BCUT2D eigenvalue weighted by molar-refractivity contribution is 7.14. The van der Waals surface area contributed by atoms with Crippen molar-refractivity contribution in [1.29, 1.82) is 0 Å². The van der Waals surface area contributed by atoms with Crippen molar-refractivity contribution in [2.75, 3.05) is 33.2 Å². The SMILES string of the molecule is Cc1nc(C(C)(C)C)sc1C(=O)NCc1ccc(C(=O)N2CCN(C)CC2)cc1. The van der Waals surface area contributed by atoms with E-state index in [2.05, 4.69) is 43.0 Å². The Morgan fingerprint density at radius 1 is 1.10 bits per heavy atom. The quantitative estimate of drug-likeness (QED) is 0.835. The van der Waals surface area contributed by atoms with Gasteiger partial charge in [-0.1, -0.05) is 32.9 Å². The lowest BCUT2D eigenvalue weighted by Gasteiger charge is -2.32. The minimum atomic E-state index is -0.104. The zero-order chi connectivity index (χ0) is 21.2. The number of nitrogens with zero attached hydrogens (tertiary/aromatic N) is 3. The molecule has 1 aliphatic rings. The molecule has 1 aromatic carbocycles. The van der Waals surface area contributed by atoms with Crippen LogP contribution in [0.3, 0.4) is 0 Å². The van der Waals surface area contributed by atoms with Crippen LogP contribution in [-0.4, -0.2) is 59.8 Å². The number of rotatable bonds is 4. The van der Waals surface area contributed by atoms with E-state index in [4.69, 9.17) is 0 Å². The number of hydrogen-bond donors (Lipinski definition) is 1. The third kappa shape index (κ3) is 5.22. The molecule has 1 fully saturated rings. The van der Waals surface area contributed by atoms with E-state index in [9.17, 15) is 9.59 Å². The lowest BCUT2D eigenvalue weighted by molar-refractivity contribution is 0.0664. The second kappa shape index (κ2) is 8.63. The van der Waals surface area contributed by atoms with E-state index < -0.39 is 0 Å². The van der Waals surface area contributed by atoms with Crippen molar-refractivity contribution in [2.45, 2.75) is 39.7 Å². The number of carbonyl (C=O) groups excluding carboxylic acids is 2. The minimum absolute atomic E-state index is 0.0693. The summed E-state index contributed by atoms with van der Waals surface area (Å²) >= 11 is 1.46. The third-order valence-electron chi connectivity index (χ3n) is 5.09. The molecule has 1 N–H and O–H groups in total. The lowest BCUT2D eigenvalue weighted by atomic mass is 9.98. The molecule has 0 radical (unpaired) electrons. The normalized spacial score (nSPS) is 15.4. The molecular weight excluding hydrogens is 384 g/mol. The molecule has 29 heavy (non-hydrogen) atoms. The maximum Gasteiger partial charge on any atom is 0.263 e. The Labute approximate surface area is 176 Å². The molecule has 0 unspecified atom stereocenters. The number of aryl methyl sites for hydroxylation is 1. The molecule has 1 aliphatic heterocycles. The number of nitrogens with one attached hydrogen (secondary N) is 1. The molecule has 0 bridgehead atoms. The van der Waals surface area contributed by atoms with Crippen LogP contribution in [-0.2, 0) is 12.0 Å². The Hall–Kier alpha value is -2.25. The molecule has 2 aromatic rings. The van der Waals surface area contributed by atoms with Gasteiger partial charge < -0.3 is 15.1 Å². The molecule has 0 saturated carbocycles. The number of amides is 2. The highest BCUT2D eigenvalue weighted by atomic mass is 32.1. The fourth-order valence-corrected chi connectivity index (χ4v) is 4.19. The number of piperazine rings is 1. The fourth-order valence-electron chi connectivity index (χ4n) is 3.15. The summed E-state index contributed by atoms with van der Waals surface area (Å²) in [6, 6.07) is 7.50. The van der Waals surface area contributed by atoms with Gasteiger partial charge in [0.1, 0.15) is 4.88 Å². The van der Waals surface area contributed by atoms with E-state index in [1.807, 2.05) is 36.1 Å². The first-order valence-corrected chi connectivity index (χ1v) is 10.8. The van der Waals surface area contributed by atoms with Gasteiger partial charge in [-0.15, -0.1) is 11.3 Å². The van der Waals surface area contributed by atoms with Gasteiger partial charge in [0.2, 0.25) is 0 Å². The monoisotopic (exact) mass is 414 g/mol. The molecule has 0 atom stereocenters. The number of likely N-dealkylation sites (N-methyl/N-ethyl adjacent to an activating group) is 1. The van der Waals surface area contributed by atoms with Crippen LogP contribution >= 0.6 is 11.3 Å². The average molecular weight is 415 g/mol. The van der Waals surface area contributed by atoms with Crippen LogP contribution in [0.1, 0.15) is 57.1 Å². The highest BCUT2D eigenvalue weighted by Crippen LogP contribution is 2.29. The molecule has 0 aliphatic carbocycles. The standard InChI is InChI=1S/C22H30N4O2S/c1-15-18(29-21(24-15)22(2,3)4)19(27)23-14-16-6-8-17(9-7-16)20(28)26-12-10-25(5)11-13-26/h6-9H,10-14H2,1-5H3,(H,23,27). The van der Waals surface area contributed by atoms with Gasteiger partial charge >= 0.3 is 0 Å². The predicted molar refractivity (Wildman–Crippen MR) is 117 cm³/mol. The van der Waals surface area contributed by atoms with Gasteiger partial charge in [-0.3, -0.25) is 9.59 Å². The number of benzene rings is 1. The molecule has 6 nitrogen and oxygen atoms in total. The Morgan fingerprint density at radius 2 is 1.72 bits per heavy atom. The summed E-state index contributed by atoms with van der Waals surface area (Å²) in [5, 5.41) is 3.93. The van der Waals surface area contributed by atoms with E-state index in [1.54, 1.807) is 0 Å². The Morgan fingerprint density at radius 3 is 2.28 bits per heavy atom. The summed E-state index contributed by atoms with van der Waals surface area (Å²) in [4.78, 5) is 34.5. The average Bonchev–Trinajstić information content (AvgIpc) is 3.09. The summed E-state index contributed by atoms with van der Waals surface area (Å²) in [6.07, 6.45) is 0. The van der Waals surface area contributed by atoms with Gasteiger partial charge in [0, 0.05) is 43.7 Å². The number of hydrogen-bond acceptors (Lipinski definition) is 5. The Kier molecular flexibility index (Phi) is 6.39. The van der Waals surface area contributed by atoms with Crippen LogP contribution < -0.4 is 5.32 Å². The van der Waals surface area contributed by atoms with Gasteiger partial charge in [-0.25, -0.2) is 4.98 Å². The van der Waals surface area contributed by atoms with Crippen LogP contribution in [0.4, 0.5) is 0 Å². The summed E-state index contributed by atoms with van der Waals surface area (Å²) in [5.41, 5.74) is 2.36. The number of thiazole rings is 1. The molecule has 1 saturated heterocycles. The lowest BCUT2D eigenvalue weighted by Crippen LogP contribution is -2.47. The van der Waals surface area contributed by atoms with Gasteiger partial charge in [-0.05, 0) is 31.7 Å². The molecule has 1 aromatic heterocycles. The van der Waals surface area contributed by atoms with Gasteiger partial charge in [-0.2, -0.15) is 0 Å². The van der Waals surface area contributed by atoms with Crippen molar-refractivity contribution in [3.63, 3.8) is 0 Å². The summed E-state index contributed by atoms with van der Waals surface area (Å²) in [7, 11) is 2.07. The van der Waals surface area contributed by atoms with Crippen LogP contribution in [0.5, 0.6) is 0 Å². The smallest absolute Gasteiger partial charge is 0.263 e. The summed E-state index contributed by atoms with van der Waals surface area (Å²) in [6.45, 7) is 11.9. The second-order valence-corrected chi connectivity index (χ2v) is 9.66. The first kappa shape index (κ1) is 21.5. The van der Waals surface area contributed by atoms with Crippen molar-refractivity contribution in [3.8, 4) is 0 Å². The maximum atomic E-state index is 12.6. The number of carbonyl (C=O) groups is 2. The first-order valence-electron chi connectivity index (χ1n) is 9.98. The van der Waals surface area contributed by atoms with Crippen LogP contribution in [0.15, 0.2) is 24.3 Å². The van der Waals surface area contributed by atoms with Crippen molar-refractivity contribution in [1.82, 2.24) is 20.1 Å². The largest absolute Gasteiger partial charge is 0.347 e. The maximum absolute atomic E-state index is 12.6. The predicted octanol–water partition coefficient (Wildman–Crippen LogP) is 3.07. The van der Waals surface area contributed by atoms with E-state index in [0.717, 1.165) is 42.4 Å². The molecule has 0 spiro atoms. The second-order valence-electron chi connectivity index (χ2n) is 8.66. The molecular formula is C22H30N4O2S. The molecule has 7 heteroatoms. The van der Waals surface area contributed by atoms with Crippen molar-refractivity contribution >= 4 is 23.2 Å². The van der Waals surface area contributed by atoms with Crippen molar-refractivity contribution in [3.05, 3.63) is 51.0 Å². The van der Waals surface area contributed by atoms with Crippen LogP contribution in [0.25, 0.3) is 0 Å². The third-order valence-corrected chi connectivity index (χ3v) is 6.67. The van der Waals surface area contributed by atoms with Crippen LogP contribution in [0, 0.1) is 6.92 Å². The van der Waals surface area contributed by atoms with Crippen molar-refractivity contribution in [2.24, 2.45) is 0 Å². The zero-order valence-electron chi connectivity index (χ0n) is 17.9. The molecule has 2 amide bonds. The van der Waals surface area contributed by atoms with E-state index >= 15 is 0 Å². The first-order chi connectivity index (χ1) is 13.6. The van der Waals surface area contributed by atoms with Gasteiger partial charge in [0.25, 0.3) is 11.8 Å². The van der Waals surface area contributed by atoms with Crippen molar-refractivity contribution < 1.29 is 9.59 Å². The Balaban J connectivity index is 1.58. The van der Waals surface area contributed by atoms with E-state index in [0.29, 0.717) is 17.0 Å². The molecule has 156 valence electrons. The summed E-state index contributed by atoms with van der Waals surface area (Å²) < 4.78 is 0. The summed E-state index contributed by atoms with van der Waals surface area (Å²) in [5.74, 6) is -0.0308. The number of aromatic nitrogens is 1. The highest BCUT2D eigenvalue weighted by Gasteiger charge is 2.23. The van der Waals surface area contributed by atoms with E-state index in [1.165, 1.54) is 11.3 Å². The minimum Gasteiger partial charge on any atom is -0.347 e. The molecule has 2 heterocycles. The fraction of sp³-hybridized carbons (Fsp3) is 0.500. The van der Waals surface area contributed by atoms with E-state index in [-0.39, 0.29) is 17.2 Å².